The average molecular weight is 167 g/mol. The Kier molecular flexibility index (Phi) is 4.29. The highest BCUT2D eigenvalue weighted by atomic mass is 32.1. The minimum atomic E-state index is 1.09. The Bertz CT molecular complexity index is 165. The van der Waals surface area contributed by atoms with Crippen LogP contribution in [0.2, 0.25) is 0 Å². The van der Waals surface area contributed by atoms with Gasteiger partial charge in [-0.25, -0.2) is 0 Å². The number of thiophene rings is 1. The summed E-state index contributed by atoms with van der Waals surface area (Å²) in [5.41, 5.74) is 0. The zero-order chi connectivity index (χ0) is 7.94. The van der Waals surface area contributed by atoms with E-state index >= 15 is 0 Å². The standard InChI is InChI=1S/C10H15S/c1-2-3-4-5-7-10-8-6-9-11-10/h6,8-9H,1-5,7H2. The second kappa shape index (κ2) is 5.36. The van der Waals surface area contributed by atoms with Gasteiger partial charge in [0.2, 0.25) is 0 Å². The molecule has 0 unspecified atom stereocenters. The first kappa shape index (κ1) is 8.79. The number of unbranched alkanes of at least 4 members (excludes halogenated alkanes) is 3. The summed E-state index contributed by atoms with van der Waals surface area (Å²) in [7, 11) is 0. The third kappa shape index (κ3) is 3.57. The molecule has 0 spiro atoms. The normalized spacial score (nSPS) is 10.3. The molecular weight excluding hydrogens is 152 g/mol. The smallest absolute Gasteiger partial charge is 0.00452 e. The summed E-state index contributed by atoms with van der Waals surface area (Å²) in [6.45, 7) is 3.82. The molecule has 0 aromatic carbocycles. The lowest BCUT2D eigenvalue weighted by Gasteiger charge is -1.95. The lowest BCUT2D eigenvalue weighted by molar-refractivity contribution is 0.690. The minimum absolute atomic E-state index is 1.09. The zero-order valence-corrected chi connectivity index (χ0v) is 7.70. The Morgan fingerprint density at radius 2 is 2.18 bits per heavy atom. The van der Waals surface area contributed by atoms with E-state index in [1.165, 1.54) is 30.6 Å². The Labute approximate surface area is 73.3 Å². The molecule has 11 heavy (non-hydrogen) atoms. The highest BCUT2D eigenvalue weighted by Crippen LogP contribution is 2.12. The molecule has 0 atom stereocenters. The second-order valence-corrected chi connectivity index (χ2v) is 3.78. The van der Waals surface area contributed by atoms with Crippen molar-refractivity contribution in [1.29, 1.82) is 0 Å². The molecule has 0 saturated carbocycles. The van der Waals surface area contributed by atoms with Crippen LogP contribution in [0.4, 0.5) is 0 Å². The van der Waals surface area contributed by atoms with Gasteiger partial charge in [-0.15, -0.1) is 11.3 Å². The molecule has 1 heteroatoms. The van der Waals surface area contributed by atoms with E-state index in [2.05, 4.69) is 24.4 Å². The predicted octanol–water partition coefficient (Wildman–Crippen LogP) is 3.69. The topological polar surface area (TPSA) is 0 Å². The Morgan fingerprint density at radius 3 is 2.82 bits per heavy atom. The van der Waals surface area contributed by atoms with Gasteiger partial charge in [-0.05, 0) is 24.3 Å². The van der Waals surface area contributed by atoms with Crippen LogP contribution in [0.5, 0.6) is 0 Å². The molecule has 0 bridgehead atoms. The van der Waals surface area contributed by atoms with Gasteiger partial charge in [0, 0.05) is 4.88 Å². The third-order valence-electron chi connectivity index (χ3n) is 1.75. The minimum Gasteiger partial charge on any atom is -0.149 e. The van der Waals surface area contributed by atoms with E-state index in [0.717, 1.165) is 6.42 Å². The summed E-state index contributed by atoms with van der Waals surface area (Å²) in [4.78, 5) is 1.52. The third-order valence-corrected chi connectivity index (χ3v) is 2.69. The first-order chi connectivity index (χ1) is 5.43. The zero-order valence-electron chi connectivity index (χ0n) is 6.88. The van der Waals surface area contributed by atoms with E-state index in [1.807, 2.05) is 11.3 Å². The predicted molar refractivity (Wildman–Crippen MR) is 51.8 cm³/mol. The van der Waals surface area contributed by atoms with Crippen LogP contribution < -0.4 is 0 Å². The molecule has 0 aliphatic rings. The fourth-order valence-electron chi connectivity index (χ4n) is 1.11. The monoisotopic (exact) mass is 167 g/mol. The van der Waals surface area contributed by atoms with E-state index in [-0.39, 0.29) is 0 Å². The molecule has 61 valence electrons. The van der Waals surface area contributed by atoms with E-state index in [1.54, 1.807) is 0 Å². The second-order valence-electron chi connectivity index (χ2n) is 2.74. The maximum absolute atomic E-state index is 3.82. The average Bonchev–Trinajstić information content (AvgIpc) is 2.50. The first-order valence-corrected chi connectivity index (χ1v) is 5.13. The highest BCUT2D eigenvalue weighted by molar-refractivity contribution is 7.09. The highest BCUT2D eigenvalue weighted by Gasteiger charge is 1.92. The summed E-state index contributed by atoms with van der Waals surface area (Å²) in [5.74, 6) is 0. The molecular formula is C10H15S. The summed E-state index contributed by atoms with van der Waals surface area (Å²) in [6.07, 6.45) is 6.30. The van der Waals surface area contributed by atoms with Crippen molar-refractivity contribution in [3.63, 3.8) is 0 Å². The summed E-state index contributed by atoms with van der Waals surface area (Å²) < 4.78 is 0. The molecule has 1 rings (SSSR count). The van der Waals surface area contributed by atoms with E-state index in [4.69, 9.17) is 0 Å². The van der Waals surface area contributed by atoms with E-state index < -0.39 is 0 Å². The van der Waals surface area contributed by atoms with Crippen LogP contribution in [-0.4, -0.2) is 0 Å². The summed E-state index contributed by atoms with van der Waals surface area (Å²) in [5, 5.41) is 2.15. The molecule has 0 N–H and O–H groups in total. The van der Waals surface area contributed by atoms with Gasteiger partial charge in [0.25, 0.3) is 0 Å². The molecule has 1 radical (unpaired) electrons. The van der Waals surface area contributed by atoms with Gasteiger partial charge in [-0.2, -0.15) is 0 Å². The quantitative estimate of drug-likeness (QED) is 0.587. The summed E-state index contributed by atoms with van der Waals surface area (Å²) in [6, 6.07) is 4.34. The molecule has 1 aromatic rings. The van der Waals surface area contributed by atoms with Gasteiger partial charge in [0.1, 0.15) is 0 Å². The van der Waals surface area contributed by atoms with Crippen molar-refractivity contribution in [2.45, 2.75) is 32.1 Å². The molecule has 0 amide bonds. The molecule has 0 aliphatic heterocycles. The van der Waals surface area contributed by atoms with Crippen LogP contribution in [0.15, 0.2) is 17.5 Å². The van der Waals surface area contributed by atoms with Gasteiger partial charge < -0.3 is 0 Å². The Balaban J connectivity index is 2.04. The number of aryl methyl sites for hydroxylation is 1. The fourth-order valence-corrected chi connectivity index (χ4v) is 1.86. The molecule has 0 fully saturated rings. The van der Waals surface area contributed by atoms with Gasteiger partial charge >= 0.3 is 0 Å². The summed E-state index contributed by atoms with van der Waals surface area (Å²) >= 11 is 1.87. The van der Waals surface area contributed by atoms with Crippen molar-refractivity contribution < 1.29 is 0 Å². The van der Waals surface area contributed by atoms with Crippen molar-refractivity contribution in [3.8, 4) is 0 Å². The molecule has 1 heterocycles. The van der Waals surface area contributed by atoms with Crippen molar-refractivity contribution >= 4 is 11.3 Å². The van der Waals surface area contributed by atoms with Crippen molar-refractivity contribution in [1.82, 2.24) is 0 Å². The maximum atomic E-state index is 3.82. The Morgan fingerprint density at radius 1 is 1.27 bits per heavy atom. The van der Waals surface area contributed by atoms with Gasteiger partial charge in [0.05, 0.1) is 0 Å². The first-order valence-electron chi connectivity index (χ1n) is 4.25. The van der Waals surface area contributed by atoms with Crippen LogP contribution in [-0.2, 0) is 6.42 Å². The molecule has 1 aromatic heterocycles. The lowest BCUT2D eigenvalue weighted by atomic mass is 10.1. The van der Waals surface area contributed by atoms with Crippen LogP contribution in [0.1, 0.15) is 30.6 Å². The fraction of sp³-hybridized carbons (Fsp3) is 0.500. The largest absolute Gasteiger partial charge is 0.149 e. The maximum Gasteiger partial charge on any atom is 0.00452 e. The molecule has 0 nitrogen and oxygen atoms in total. The number of hydrogen-bond acceptors (Lipinski definition) is 1. The number of hydrogen-bond donors (Lipinski definition) is 0. The van der Waals surface area contributed by atoms with Gasteiger partial charge in [0.15, 0.2) is 0 Å². The van der Waals surface area contributed by atoms with Gasteiger partial charge in [-0.3, -0.25) is 0 Å². The van der Waals surface area contributed by atoms with Crippen LogP contribution in [0.25, 0.3) is 0 Å². The van der Waals surface area contributed by atoms with Crippen LogP contribution >= 0.6 is 11.3 Å². The Hall–Kier alpha value is -0.300. The lowest BCUT2D eigenvalue weighted by Crippen LogP contribution is -1.80. The van der Waals surface area contributed by atoms with Crippen molar-refractivity contribution in [2.75, 3.05) is 0 Å². The van der Waals surface area contributed by atoms with Crippen molar-refractivity contribution in [2.24, 2.45) is 0 Å². The van der Waals surface area contributed by atoms with Crippen molar-refractivity contribution in [3.05, 3.63) is 29.3 Å². The van der Waals surface area contributed by atoms with E-state index in [9.17, 15) is 0 Å². The SMILES string of the molecule is [CH2]CCCCCc1cccs1. The molecule has 0 saturated heterocycles. The van der Waals surface area contributed by atoms with Gasteiger partial charge in [-0.1, -0.05) is 32.3 Å². The number of rotatable bonds is 5. The van der Waals surface area contributed by atoms with Crippen LogP contribution in [0.3, 0.4) is 0 Å². The van der Waals surface area contributed by atoms with E-state index in [0.29, 0.717) is 0 Å². The molecule has 0 aliphatic carbocycles. The van der Waals surface area contributed by atoms with Crippen LogP contribution in [0, 0.1) is 6.92 Å².